The number of ether oxygens (including phenoxy) is 1. The molecule has 1 aliphatic carbocycles. The molecule has 2 atom stereocenters. The van der Waals surface area contributed by atoms with E-state index < -0.39 is 0 Å². The Morgan fingerprint density at radius 2 is 2.00 bits per heavy atom. The fraction of sp³-hybridized carbons (Fsp3) is 0.500. The molecule has 0 aliphatic heterocycles. The van der Waals surface area contributed by atoms with Crippen LogP contribution in [0, 0.1) is 0 Å². The Labute approximate surface area is 93.6 Å². The highest BCUT2D eigenvalue weighted by Crippen LogP contribution is 2.28. The van der Waals surface area contributed by atoms with Gasteiger partial charge in [0.15, 0.2) is 0 Å². The van der Waals surface area contributed by atoms with Gasteiger partial charge < -0.3 is 4.74 Å². The first-order valence-electron chi connectivity index (χ1n) is 5.16. The largest absolute Gasteiger partial charge is 0.372 e. The van der Waals surface area contributed by atoms with E-state index in [2.05, 4.69) is 40.2 Å². The second kappa shape index (κ2) is 4.94. The van der Waals surface area contributed by atoms with Crippen LogP contribution in [0.1, 0.15) is 24.8 Å². The normalized spacial score (nSPS) is 26.6. The monoisotopic (exact) mass is 254 g/mol. The Morgan fingerprint density at radius 3 is 2.64 bits per heavy atom. The summed E-state index contributed by atoms with van der Waals surface area (Å²) in [6.07, 6.45) is 4.15. The lowest BCUT2D eigenvalue weighted by Gasteiger charge is -2.14. The topological polar surface area (TPSA) is 9.23 Å². The molecule has 1 nitrogen and oxygen atoms in total. The average molecular weight is 255 g/mol. The Hall–Kier alpha value is -0.340. The molecule has 2 heteroatoms. The van der Waals surface area contributed by atoms with E-state index in [4.69, 9.17) is 4.74 Å². The van der Waals surface area contributed by atoms with Crippen molar-refractivity contribution in [3.63, 3.8) is 0 Å². The minimum atomic E-state index is 0.412. The van der Waals surface area contributed by atoms with Gasteiger partial charge in [-0.25, -0.2) is 0 Å². The van der Waals surface area contributed by atoms with E-state index in [-0.39, 0.29) is 0 Å². The van der Waals surface area contributed by atoms with Gasteiger partial charge in [0.25, 0.3) is 0 Å². The van der Waals surface area contributed by atoms with E-state index in [1.165, 1.54) is 24.8 Å². The molecule has 2 unspecified atom stereocenters. The summed E-state index contributed by atoms with van der Waals surface area (Å²) >= 11 is 3.65. The van der Waals surface area contributed by atoms with Crippen molar-refractivity contribution in [1.82, 2.24) is 0 Å². The Kier molecular flexibility index (Phi) is 3.60. The quantitative estimate of drug-likeness (QED) is 0.751. The molecule has 0 radical (unpaired) electrons. The summed E-state index contributed by atoms with van der Waals surface area (Å²) in [5.41, 5.74) is 1.26. The molecular weight excluding hydrogens is 240 g/mol. The van der Waals surface area contributed by atoms with Crippen molar-refractivity contribution in [3.05, 3.63) is 35.9 Å². The first-order valence-corrected chi connectivity index (χ1v) is 6.07. The minimum absolute atomic E-state index is 0.412. The molecule has 0 aromatic heterocycles. The molecule has 1 saturated carbocycles. The molecule has 0 N–H and O–H groups in total. The zero-order valence-electron chi connectivity index (χ0n) is 8.16. The highest BCUT2D eigenvalue weighted by molar-refractivity contribution is 9.09. The maximum absolute atomic E-state index is 5.85. The molecule has 1 aliphatic rings. The van der Waals surface area contributed by atoms with E-state index in [9.17, 15) is 0 Å². The van der Waals surface area contributed by atoms with E-state index >= 15 is 0 Å². The summed E-state index contributed by atoms with van der Waals surface area (Å²) < 4.78 is 5.85. The first kappa shape index (κ1) is 10.2. The van der Waals surface area contributed by atoms with E-state index in [0.29, 0.717) is 10.9 Å². The molecule has 1 fully saturated rings. The van der Waals surface area contributed by atoms with Crippen molar-refractivity contribution < 1.29 is 4.74 Å². The summed E-state index contributed by atoms with van der Waals surface area (Å²) in [4.78, 5) is 0.561. The third-order valence-corrected chi connectivity index (χ3v) is 3.73. The van der Waals surface area contributed by atoms with Crippen LogP contribution in [0.5, 0.6) is 0 Å². The Balaban J connectivity index is 1.82. The smallest absolute Gasteiger partial charge is 0.0721 e. The predicted octanol–water partition coefficient (Wildman–Crippen LogP) is 3.52. The molecule has 1 aromatic carbocycles. The van der Waals surface area contributed by atoms with Crippen LogP contribution >= 0.6 is 15.9 Å². The number of rotatable bonds is 3. The minimum Gasteiger partial charge on any atom is -0.372 e. The highest BCUT2D eigenvalue weighted by atomic mass is 79.9. The molecule has 0 spiro atoms. The molecule has 0 bridgehead atoms. The molecule has 14 heavy (non-hydrogen) atoms. The second-order valence-corrected chi connectivity index (χ2v) is 4.96. The summed E-state index contributed by atoms with van der Waals surface area (Å²) in [5, 5.41) is 0. The van der Waals surface area contributed by atoms with Gasteiger partial charge in [-0.1, -0.05) is 46.3 Å². The van der Waals surface area contributed by atoms with Crippen LogP contribution < -0.4 is 0 Å². The van der Waals surface area contributed by atoms with Crippen LogP contribution in [0.3, 0.4) is 0 Å². The van der Waals surface area contributed by atoms with Crippen LogP contribution in [-0.2, 0) is 11.3 Å². The van der Waals surface area contributed by atoms with Gasteiger partial charge in [-0.3, -0.25) is 0 Å². The lowest BCUT2D eigenvalue weighted by molar-refractivity contribution is 0.0500. The van der Waals surface area contributed by atoms with Gasteiger partial charge in [0.2, 0.25) is 0 Å². The van der Waals surface area contributed by atoms with E-state index in [1.807, 2.05) is 6.07 Å². The van der Waals surface area contributed by atoms with Gasteiger partial charge in [-0.15, -0.1) is 0 Å². The number of hydrogen-bond donors (Lipinski definition) is 0. The number of halogens is 1. The van der Waals surface area contributed by atoms with Crippen molar-refractivity contribution in [2.24, 2.45) is 0 Å². The van der Waals surface area contributed by atoms with Gasteiger partial charge in [0, 0.05) is 4.83 Å². The van der Waals surface area contributed by atoms with Crippen LogP contribution in [0.15, 0.2) is 30.3 Å². The van der Waals surface area contributed by atoms with Crippen LogP contribution in [0.2, 0.25) is 0 Å². The molecule has 0 heterocycles. The zero-order valence-corrected chi connectivity index (χ0v) is 9.74. The molecule has 76 valence electrons. The van der Waals surface area contributed by atoms with Crippen LogP contribution in [0.4, 0.5) is 0 Å². The maximum atomic E-state index is 5.85. The number of alkyl halides is 1. The van der Waals surface area contributed by atoms with Crippen LogP contribution in [-0.4, -0.2) is 10.9 Å². The first-order chi connectivity index (χ1) is 6.86. The lowest BCUT2D eigenvalue weighted by atomic mass is 10.2. The van der Waals surface area contributed by atoms with E-state index in [1.54, 1.807) is 0 Å². The van der Waals surface area contributed by atoms with Crippen molar-refractivity contribution in [3.8, 4) is 0 Å². The summed E-state index contributed by atoms with van der Waals surface area (Å²) in [6, 6.07) is 10.4. The Bertz CT molecular complexity index is 273. The standard InChI is InChI=1S/C12H15BrO/c13-11-7-4-8-12(11)14-9-10-5-2-1-3-6-10/h1-3,5-6,11-12H,4,7-9H2. The molecule has 0 saturated heterocycles. The average Bonchev–Trinajstić information content (AvgIpc) is 2.63. The summed E-state index contributed by atoms with van der Waals surface area (Å²) in [5.74, 6) is 0. The zero-order chi connectivity index (χ0) is 9.80. The molecular formula is C12H15BrO. The van der Waals surface area contributed by atoms with Crippen molar-refractivity contribution in [2.45, 2.75) is 36.8 Å². The van der Waals surface area contributed by atoms with Gasteiger partial charge in [0.05, 0.1) is 12.7 Å². The predicted molar refractivity (Wildman–Crippen MR) is 61.6 cm³/mol. The molecule has 1 aromatic rings. The van der Waals surface area contributed by atoms with Gasteiger partial charge in [-0.05, 0) is 24.8 Å². The third-order valence-electron chi connectivity index (χ3n) is 2.68. The Morgan fingerprint density at radius 1 is 1.21 bits per heavy atom. The molecule has 0 amide bonds. The van der Waals surface area contributed by atoms with Gasteiger partial charge in [0.1, 0.15) is 0 Å². The number of benzene rings is 1. The van der Waals surface area contributed by atoms with Gasteiger partial charge in [-0.2, -0.15) is 0 Å². The van der Waals surface area contributed by atoms with Crippen molar-refractivity contribution >= 4 is 15.9 Å². The second-order valence-electron chi connectivity index (χ2n) is 3.78. The maximum Gasteiger partial charge on any atom is 0.0721 e. The van der Waals surface area contributed by atoms with Crippen molar-refractivity contribution in [2.75, 3.05) is 0 Å². The summed E-state index contributed by atoms with van der Waals surface area (Å²) in [6.45, 7) is 0.744. The highest BCUT2D eigenvalue weighted by Gasteiger charge is 2.25. The summed E-state index contributed by atoms with van der Waals surface area (Å²) in [7, 11) is 0. The third kappa shape index (κ3) is 2.58. The van der Waals surface area contributed by atoms with Crippen molar-refractivity contribution in [1.29, 1.82) is 0 Å². The molecule has 2 rings (SSSR count). The lowest BCUT2D eigenvalue weighted by Crippen LogP contribution is -2.17. The number of hydrogen-bond acceptors (Lipinski definition) is 1. The van der Waals surface area contributed by atoms with Crippen LogP contribution in [0.25, 0.3) is 0 Å². The fourth-order valence-corrected chi connectivity index (χ4v) is 2.59. The fourth-order valence-electron chi connectivity index (χ4n) is 1.85. The van der Waals surface area contributed by atoms with E-state index in [0.717, 1.165) is 6.61 Å². The van der Waals surface area contributed by atoms with Gasteiger partial charge >= 0.3 is 0 Å². The SMILES string of the molecule is BrC1CCCC1OCc1ccccc1.